The molecule has 2 rings (SSSR count). The van der Waals surface area contributed by atoms with Crippen molar-refractivity contribution in [3.8, 4) is 0 Å². The molecular weight excluding hydrogens is 345 g/mol. The van der Waals surface area contributed by atoms with Crippen LogP contribution >= 0.6 is 15.9 Å². The molecule has 106 valence electrons. The number of aryl methyl sites for hydroxylation is 1. The summed E-state index contributed by atoms with van der Waals surface area (Å²) >= 11 is 3.33. The molecule has 1 N–H and O–H groups in total. The monoisotopic (exact) mass is 357 g/mol. The van der Waals surface area contributed by atoms with Crippen molar-refractivity contribution in [2.45, 2.75) is 18.4 Å². The molecule has 0 aliphatic carbocycles. The highest BCUT2D eigenvalue weighted by molar-refractivity contribution is 9.10. The van der Waals surface area contributed by atoms with Gasteiger partial charge in [-0.1, -0.05) is 28.1 Å². The third-order valence-corrected chi connectivity index (χ3v) is 4.84. The van der Waals surface area contributed by atoms with Crippen LogP contribution in [0.2, 0.25) is 0 Å². The Labute approximate surface area is 126 Å². The van der Waals surface area contributed by atoms with E-state index in [4.69, 9.17) is 0 Å². The predicted molar refractivity (Wildman–Crippen MR) is 79.3 cm³/mol. The number of benzene rings is 2. The van der Waals surface area contributed by atoms with Gasteiger partial charge in [-0.05, 0) is 48.4 Å². The van der Waals surface area contributed by atoms with E-state index < -0.39 is 15.8 Å². The highest BCUT2D eigenvalue weighted by atomic mass is 79.9. The van der Waals surface area contributed by atoms with Gasteiger partial charge in [0.1, 0.15) is 5.82 Å². The molecule has 0 bridgehead atoms. The fourth-order valence-electron chi connectivity index (χ4n) is 1.82. The molecule has 2 aromatic rings. The van der Waals surface area contributed by atoms with Gasteiger partial charge < -0.3 is 0 Å². The zero-order chi connectivity index (χ0) is 14.8. The highest BCUT2D eigenvalue weighted by Crippen LogP contribution is 2.17. The third-order valence-electron chi connectivity index (χ3n) is 2.78. The second kappa shape index (κ2) is 6.03. The van der Waals surface area contributed by atoms with E-state index in [0.29, 0.717) is 5.56 Å². The molecule has 0 heterocycles. The molecule has 0 unspecified atom stereocenters. The Bertz CT molecular complexity index is 732. The maximum atomic E-state index is 13.0. The summed E-state index contributed by atoms with van der Waals surface area (Å²) in [5, 5.41) is 0. The number of sulfonamides is 1. The Morgan fingerprint density at radius 3 is 2.60 bits per heavy atom. The van der Waals surface area contributed by atoms with Crippen molar-refractivity contribution in [1.29, 1.82) is 0 Å². The van der Waals surface area contributed by atoms with Gasteiger partial charge in [-0.15, -0.1) is 0 Å². The minimum atomic E-state index is -3.65. The van der Waals surface area contributed by atoms with Crippen LogP contribution in [-0.2, 0) is 16.6 Å². The van der Waals surface area contributed by atoms with Crippen LogP contribution in [-0.4, -0.2) is 8.42 Å². The van der Waals surface area contributed by atoms with Gasteiger partial charge in [-0.2, -0.15) is 0 Å². The van der Waals surface area contributed by atoms with Gasteiger partial charge >= 0.3 is 0 Å². The molecule has 0 radical (unpaired) electrons. The van der Waals surface area contributed by atoms with E-state index in [2.05, 4.69) is 20.7 Å². The third kappa shape index (κ3) is 3.65. The zero-order valence-corrected chi connectivity index (χ0v) is 13.1. The molecule has 0 aliphatic rings. The molecule has 0 atom stereocenters. The Kier molecular flexibility index (Phi) is 4.57. The molecular formula is C14H13BrFNO2S. The van der Waals surface area contributed by atoms with Gasteiger partial charge in [0, 0.05) is 11.0 Å². The van der Waals surface area contributed by atoms with Crippen LogP contribution in [0.1, 0.15) is 11.1 Å². The van der Waals surface area contributed by atoms with E-state index in [9.17, 15) is 12.8 Å². The Morgan fingerprint density at radius 2 is 1.95 bits per heavy atom. The molecule has 3 nitrogen and oxygen atoms in total. The lowest BCUT2D eigenvalue weighted by Gasteiger charge is -2.09. The van der Waals surface area contributed by atoms with Crippen molar-refractivity contribution in [2.24, 2.45) is 0 Å². The number of nitrogens with one attached hydrogen (secondary N) is 1. The smallest absolute Gasteiger partial charge is 0.207 e. The van der Waals surface area contributed by atoms with Gasteiger partial charge in [0.15, 0.2) is 0 Å². The van der Waals surface area contributed by atoms with Crippen molar-refractivity contribution < 1.29 is 12.8 Å². The number of halogens is 2. The molecule has 20 heavy (non-hydrogen) atoms. The molecule has 0 fully saturated rings. The summed E-state index contributed by atoms with van der Waals surface area (Å²) in [7, 11) is -3.65. The number of hydrogen-bond donors (Lipinski definition) is 1. The van der Waals surface area contributed by atoms with Crippen LogP contribution in [0.5, 0.6) is 0 Å². The SMILES string of the molecule is Cc1cc(F)ccc1S(=O)(=O)NCc1cccc(Br)c1. The first-order valence-corrected chi connectivity index (χ1v) is 8.16. The van der Waals surface area contributed by atoms with Crippen LogP contribution in [0.25, 0.3) is 0 Å². The summed E-state index contributed by atoms with van der Waals surface area (Å²) in [4.78, 5) is 0.0916. The molecule has 0 spiro atoms. The summed E-state index contributed by atoms with van der Waals surface area (Å²) in [6.07, 6.45) is 0. The lowest BCUT2D eigenvalue weighted by Crippen LogP contribution is -2.24. The maximum Gasteiger partial charge on any atom is 0.241 e. The van der Waals surface area contributed by atoms with Crippen LogP contribution < -0.4 is 4.72 Å². The van der Waals surface area contributed by atoms with Crippen molar-refractivity contribution in [2.75, 3.05) is 0 Å². The summed E-state index contributed by atoms with van der Waals surface area (Å²) in [6.45, 7) is 1.75. The van der Waals surface area contributed by atoms with Crippen molar-refractivity contribution in [3.05, 3.63) is 63.9 Å². The van der Waals surface area contributed by atoms with Crippen molar-refractivity contribution in [3.63, 3.8) is 0 Å². The molecule has 0 aromatic heterocycles. The van der Waals surface area contributed by atoms with Gasteiger partial charge in [0.2, 0.25) is 10.0 Å². The number of hydrogen-bond acceptors (Lipinski definition) is 2. The first-order chi connectivity index (χ1) is 9.38. The minimum absolute atomic E-state index is 0.0916. The second-order valence-corrected chi connectivity index (χ2v) is 7.02. The molecule has 2 aromatic carbocycles. The van der Waals surface area contributed by atoms with E-state index in [1.165, 1.54) is 12.1 Å². The topological polar surface area (TPSA) is 46.2 Å². The van der Waals surface area contributed by atoms with Crippen molar-refractivity contribution >= 4 is 26.0 Å². The Morgan fingerprint density at radius 1 is 1.20 bits per heavy atom. The summed E-state index contributed by atoms with van der Waals surface area (Å²) < 4.78 is 40.8. The summed E-state index contributed by atoms with van der Waals surface area (Å²) in [6, 6.07) is 11.0. The van der Waals surface area contributed by atoms with Gasteiger partial charge in [-0.25, -0.2) is 17.5 Å². The van der Waals surface area contributed by atoms with E-state index in [0.717, 1.165) is 16.1 Å². The predicted octanol–water partition coefficient (Wildman–Crippen LogP) is 3.38. The fraction of sp³-hybridized carbons (Fsp3) is 0.143. The van der Waals surface area contributed by atoms with Gasteiger partial charge in [0.25, 0.3) is 0 Å². The average Bonchev–Trinajstić information content (AvgIpc) is 2.36. The normalized spacial score (nSPS) is 11.6. The van der Waals surface area contributed by atoms with Gasteiger partial charge in [-0.3, -0.25) is 0 Å². The van der Waals surface area contributed by atoms with E-state index in [-0.39, 0.29) is 11.4 Å². The first kappa shape index (κ1) is 15.2. The molecule has 0 aliphatic heterocycles. The lowest BCUT2D eigenvalue weighted by molar-refractivity contribution is 0.579. The fourth-order valence-corrected chi connectivity index (χ4v) is 3.51. The molecule has 0 saturated carbocycles. The quantitative estimate of drug-likeness (QED) is 0.911. The largest absolute Gasteiger partial charge is 0.241 e. The standard InChI is InChI=1S/C14H13BrFNO2S/c1-10-7-13(16)5-6-14(10)20(18,19)17-9-11-3-2-4-12(15)8-11/h2-8,17H,9H2,1H3. The second-order valence-electron chi connectivity index (χ2n) is 4.36. The summed E-state index contributed by atoms with van der Waals surface area (Å²) in [5.74, 6) is -0.451. The van der Waals surface area contributed by atoms with Crippen LogP contribution in [0.15, 0.2) is 51.8 Å². The van der Waals surface area contributed by atoms with Crippen LogP contribution in [0.4, 0.5) is 4.39 Å². The van der Waals surface area contributed by atoms with Crippen LogP contribution in [0, 0.1) is 12.7 Å². The summed E-state index contributed by atoms with van der Waals surface area (Å²) in [5.41, 5.74) is 1.22. The Balaban J connectivity index is 2.19. The molecule has 6 heteroatoms. The zero-order valence-electron chi connectivity index (χ0n) is 10.7. The average molecular weight is 358 g/mol. The number of rotatable bonds is 4. The van der Waals surface area contributed by atoms with Crippen molar-refractivity contribution in [1.82, 2.24) is 4.72 Å². The Hall–Kier alpha value is -1.24. The lowest BCUT2D eigenvalue weighted by atomic mass is 10.2. The van der Waals surface area contributed by atoms with E-state index in [1.54, 1.807) is 6.92 Å². The highest BCUT2D eigenvalue weighted by Gasteiger charge is 2.16. The first-order valence-electron chi connectivity index (χ1n) is 5.89. The van der Waals surface area contributed by atoms with E-state index in [1.807, 2.05) is 24.3 Å². The van der Waals surface area contributed by atoms with Crippen LogP contribution in [0.3, 0.4) is 0 Å². The maximum absolute atomic E-state index is 13.0. The molecule has 0 amide bonds. The minimum Gasteiger partial charge on any atom is -0.207 e. The molecule has 0 saturated heterocycles. The van der Waals surface area contributed by atoms with E-state index >= 15 is 0 Å². The van der Waals surface area contributed by atoms with Gasteiger partial charge in [0.05, 0.1) is 4.90 Å².